The first kappa shape index (κ1) is 14.3. The highest BCUT2D eigenvalue weighted by molar-refractivity contribution is 5.98. The topological polar surface area (TPSA) is 49.3 Å². The molecule has 104 valence electrons. The number of carbonyl (C=O) groups excluding carboxylic acids is 1. The van der Waals surface area contributed by atoms with E-state index in [-0.39, 0.29) is 12.5 Å². The van der Waals surface area contributed by atoms with Crippen molar-refractivity contribution in [2.24, 2.45) is 0 Å². The molecule has 0 aliphatic rings. The Balaban J connectivity index is 2.19. The molecule has 0 aromatic heterocycles. The molecule has 1 amide bonds. The van der Waals surface area contributed by atoms with E-state index >= 15 is 0 Å². The fourth-order valence-electron chi connectivity index (χ4n) is 2.02. The van der Waals surface area contributed by atoms with Gasteiger partial charge in [-0.1, -0.05) is 42.5 Å². The maximum Gasteiger partial charge on any atom is 0.234 e. The number of amides is 1. The van der Waals surface area contributed by atoms with Gasteiger partial charge in [-0.3, -0.25) is 4.79 Å². The summed E-state index contributed by atoms with van der Waals surface area (Å²) in [6, 6.07) is 16.9. The van der Waals surface area contributed by atoms with Crippen LogP contribution in [0.2, 0.25) is 0 Å². The molecule has 3 nitrogen and oxygen atoms in total. The van der Waals surface area contributed by atoms with Gasteiger partial charge >= 0.3 is 0 Å². The molecule has 0 fully saturated rings. The summed E-state index contributed by atoms with van der Waals surface area (Å²) >= 11 is 0. The van der Waals surface area contributed by atoms with Crippen molar-refractivity contribution in [2.45, 2.75) is 25.9 Å². The van der Waals surface area contributed by atoms with Crippen molar-refractivity contribution in [3.63, 3.8) is 0 Å². The summed E-state index contributed by atoms with van der Waals surface area (Å²) in [5.41, 5.74) is 1.83. The standard InChI is InChI=1S/C17H19NO2/c1-17(2,14-8-4-3-5-9-14)16(20)18-15-10-6-7-13(11-15)12-19/h3-11,19H,12H2,1-2H3,(H,18,20). The summed E-state index contributed by atoms with van der Waals surface area (Å²) in [5.74, 6) is -0.0706. The van der Waals surface area contributed by atoms with E-state index < -0.39 is 5.41 Å². The SMILES string of the molecule is CC(C)(C(=O)Nc1cccc(CO)c1)c1ccccc1. The van der Waals surface area contributed by atoms with E-state index in [0.717, 1.165) is 11.1 Å². The van der Waals surface area contributed by atoms with Gasteiger partial charge < -0.3 is 10.4 Å². The van der Waals surface area contributed by atoms with Crippen molar-refractivity contribution in [1.82, 2.24) is 0 Å². The summed E-state index contributed by atoms with van der Waals surface area (Å²) < 4.78 is 0. The molecule has 0 aliphatic carbocycles. The predicted molar refractivity (Wildman–Crippen MR) is 80.5 cm³/mol. The number of carbonyl (C=O) groups is 1. The number of hydrogen-bond donors (Lipinski definition) is 2. The van der Waals surface area contributed by atoms with Gasteiger partial charge in [-0.25, -0.2) is 0 Å². The quantitative estimate of drug-likeness (QED) is 0.896. The minimum absolute atomic E-state index is 0.0359. The van der Waals surface area contributed by atoms with Crippen LogP contribution in [0, 0.1) is 0 Å². The first-order valence-corrected chi connectivity index (χ1v) is 6.61. The molecule has 3 heteroatoms. The molecule has 20 heavy (non-hydrogen) atoms. The molecule has 0 heterocycles. The van der Waals surface area contributed by atoms with Crippen LogP contribution in [0.15, 0.2) is 54.6 Å². The molecule has 0 radical (unpaired) electrons. The normalized spacial score (nSPS) is 11.2. The van der Waals surface area contributed by atoms with Gasteiger partial charge in [-0.2, -0.15) is 0 Å². The van der Waals surface area contributed by atoms with Crippen LogP contribution in [0.25, 0.3) is 0 Å². The van der Waals surface area contributed by atoms with Crippen molar-refractivity contribution in [3.05, 3.63) is 65.7 Å². The van der Waals surface area contributed by atoms with Crippen molar-refractivity contribution in [2.75, 3.05) is 5.32 Å². The summed E-state index contributed by atoms with van der Waals surface area (Å²) in [5, 5.41) is 12.0. The fourth-order valence-corrected chi connectivity index (χ4v) is 2.02. The zero-order valence-corrected chi connectivity index (χ0v) is 11.8. The van der Waals surface area contributed by atoms with Crippen LogP contribution in [0.5, 0.6) is 0 Å². The van der Waals surface area contributed by atoms with Gasteiger partial charge in [-0.05, 0) is 37.1 Å². The molecule has 0 unspecified atom stereocenters. The monoisotopic (exact) mass is 269 g/mol. The maximum absolute atomic E-state index is 12.5. The minimum atomic E-state index is -0.615. The van der Waals surface area contributed by atoms with Crippen molar-refractivity contribution in [1.29, 1.82) is 0 Å². The van der Waals surface area contributed by atoms with Gasteiger partial charge in [-0.15, -0.1) is 0 Å². The molecular weight excluding hydrogens is 250 g/mol. The molecule has 0 aliphatic heterocycles. The van der Waals surface area contributed by atoms with Gasteiger partial charge in [0.25, 0.3) is 0 Å². The van der Waals surface area contributed by atoms with Crippen LogP contribution in [-0.4, -0.2) is 11.0 Å². The average Bonchev–Trinajstić information content (AvgIpc) is 2.48. The Morgan fingerprint density at radius 1 is 1.10 bits per heavy atom. The molecule has 0 spiro atoms. The largest absolute Gasteiger partial charge is 0.392 e. The number of rotatable bonds is 4. The van der Waals surface area contributed by atoms with Crippen LogP contribution in [0.4, 0.5) is 5.69 Å². The Labute approximate surface area is 119 Å². The second kappa shape index (κ2) is 5.88. The van der Waals surface area contributed by atoms with E-state index in [9.17, 15) is 4.79 Å². The number of benzene rings is 2. The van der Waals surface area contributed by atoms with Gasteiger partial charge in [0, 0.05) is 5.69 Å². The van der Waals surface area contributed by atoms with E-state index in [1.807, 2.05) is 62.4 Å². The van der Waals surface area contributed by atoms with Crippen LogP contribution in [0.3, 0.4) is 0 Å². The fraction of sp³-hybridized carbons (Fsp3) is 0.235. The summed E-state index contributed by atoms with van der Waals surface area (Å²) in [6.07, 6.45) is 0. The van der Waals surface area contributed by atoms with Crippen molar-refractivity contribution < 1.29 is 9.90 Å². The van der Waals surface area contributed by atoms with Gasteiger partial charge in [0.15, 0.2) is 0 Å². The van der Waals surface area contributed by atoms with Gasteiger partial charge in [0.1, 0.15) is 0 Å². The summed E-state index contributed by atoms with van der Waals surface area (Å²) in [6.45, 7) is 3.76. The lowest BCUT2D eigenvalue weighted by Crippen LogP contribution is -2.34. The van der Waals surface area contributed by atoms with Crippen molar-refractivity contribution >= 4 is 11.6 Å². The molecule has 2 rings (SSSR count). The lowest BCUT2D eigenvalue weighted by atomic mass is 9.83. The van der Waals surface area contributed by atoms with Crippen LogP contribution < -0.4 is 5.32 Å². The van der Waals surface area contributed by atoms with Crippen LogP contribution in [-0.2, 0) is 16.8 Å². The molecule has 2 aromatic carbocycles. The van der Waals surface area contributed by atoms with E-state index in [2.05, 4.69) is 5.32 Å². The van der Waals surface area contributed by atoms with Crippen LogP contribution >= 0.6 is 0 Å². The third kappa shape index (κ3) is 3.06. The second-order valence-electron chi connectivity index (χ2n) is 5.30. The average molecular weight is 269 g/mol. The first-order valence-electron chi connectivity index (χ1n) is 6.61. The Kier molecular flexibility index (Phi) is 4.20. The zero-order valence-electron chi connectivity index (χ0n) is 11.8. The van der Waals surface area contributed by atoms with Gasteiger partial charge in [0.2, 0.25) is 5.91 Å². The molecule has 0 saturated carbocycles. The number of aliphatic hydroxyl groups is 1. The number of hydrogen-bond acceptors (Lipinski definition) is 2. The van der Waals surface area contributed by atoms with E-state index in [4.69, 9.17) is 5.11 Å². The Hall–Kier alpha value is -2.13. The number of anilines is 1. The van der Waals surface area contributed by atoms with E-state index in [1.165, 1.54) is 0 Å². The van der Waals surface area contributed by atoms with E-state index in [0.29, 0.717) is 5.69 Å². The highest BCUT2D eigenvalue weighted by atomic mass is 16.3. The Morgan fingerprint density at radius 2 is 1.80 bits per heavy atom. The molecule has 2 N–H and O–H groups in total. The van der Waals surface area contributed by atoms with Crippen LogP contribution in [0.1, 0.15) is 25.0 Å². The first-order chi connectivity index (χ1) is 9.54. The molecule has 0 bridgehead atoms. The summed E-state index contributed by atoms with van der Waals surface area (Å²) in [4.78, 5) is 12.5. The third-order valence-electron chi connectivity index (χ3n) is 3.43. The lowest BCUT2D eigenvalue weighted by molar-refractivity contribution is -0.120. The molecule has 0 saturated heterocycles. The van der Waals surface area contributed by atoms with Crippen molar-refractivity contribution in [3.8, 4) is 0 Å². The summed E-state index contributed by atoms with van der Waals surface area (Å²) in [7, 11) is 0. The Bertz CT molecular complexity index is 591. The number of aliphatic hydroxyl groups excluding tert-OH is 1. The van der Waals surface area contributed by atoms with Gasteiger partial charge in [0.05, 0.1) is 12.0 Å². The minimum Gasteiger partial charge on any atom is -0.392 e. The zero-order chi connectivity index (χ0) is 14.6. The third-order valence-corrected chi connectivity index (χ3v) is 3.43. The second-order valence-corrected chi connectivity index (χ2v) is 5.30. The maximum atomic E-state index is 12.5. The van der Waals surface area contributed by atoms with E-state index in [1.54, 1.807) is 6.07 Å². The predicted octanol–water partition coefficient (Wildman–Crippen LogP) is 3.10. The Morgan fingerprint density at radius 3 is 2.45 bits per heavy atom. The smallest absolute Gasteiger partial charge is 0.234 e. The highest BCUT2D eigenvalue weighted by Gasteiger charge is 2.29. The number of nitrogens with one attached hydrogen (secondary N) is 1. The molecule has 0 atom stereocenters. The molecule has 2 aromatic rings. The molecular formula is C17H19NO2. The highest BCUT2D eigenvalue weighted by Crippen LogP contribution is 2.25. The lowest BCUT2D eigenvalue weighted by Gasteiger charge is -2.24.